The fraction of sp³-hybridized carbons (Fsp3) is 0.750. The summed E-state index contributed by atoms with van der Waals surface area (Å²) >= 11 is 0. The molecule has 0 aromatic carbocycles. The summed E-state index contributed by atoms with van der Waals surface area (Å²) in [5.74, 6) is 0. The highest BCUT2D eigenvalue weighted by Gasteiger charge is 2.09. The Kier molecular flexibility index (Phi) is 2.29. The van der Waals surface area contributed by atoms with Crippen molar-refractivity contribution in [2.45, 2.75) is 32.7 Å². The highest BCUT2D eigenvalue weighted by atomic mass is 14.9. The van der Waals surface area contributed by atoms with Gasteiger partial charge in [-0.3, -0.25) is 0 Å². The van der Waals surface area contributed by atoms with Gasteiger partial charge in [0.05, 0.1) is 0 Å². The molecule has 1 aliphatic rings. The molecule has 0 aliphatic carbocycles. The second-order valence-electron chi connectivity index (χ2n) is 2.65. The van der Waals surface area contributed by atoms with E-state index in [1.165, 1.54) is 18.4 Å². The molecule has 0 spiro atoms. The van der Waals surface area contributed by atoms with Gasteiger partial charge in [0.1, 0.15) is 0 Å². The van der Waals surface area contributed by atoms with E-state index >= 15 is 0 Å². The summed E-state index contributed by atoms with van der Waals surface area (Å²) in [6.45, 7) is 5.59. The fourth-order valence-corrected chi connectivity index (χ4v) is 1.33. The second-order valence-corrected chi connectivity index (χ2v) is 2.65. The molecule has 0 aromatic heterocycles. The van der Waals surface area contributed by atoms with E-state index in [-0.39, 0.29) is 0 Å². The van der Waals surface area contributed by atoms with Crippen LogP contribution in [0.15, 0.2) is 11.6 Å². The number of nitrogens with one attached hydrogen (secondary N) is 1. The Balaban J connectivity index is 2.50. The molecular formula is C8H15N. The smallest absolute Gasteiger partial charge is 0.0274 e. The van der Waals surface area contributed by atoms with Crippen molar-refractivity contribution in [1.82, 2.24) is 5.32 Å². The summed E-state index contributed by atoms with van der Waals surface area (Å²) in [4.78, 5) is 0. The van der Waals surface area contributed by atoms with Gasteiger partial charge in [-0.25, -0.2) is 0 Å². The van der Waals surface area contributed by atoms with E-state index in [1.54, 1.807) is 0 Å². The molecule has 52 valence electrons. The monoisotopic (exact) mass is 125 g/mol. The molecule has 1 heterocycles. The molecule has 0 saturated carbocycles. The number of hydrogen-bond donors (Lipinski definition) is 1. The number of rotatable bonds is 1. The van der Waals surface area contributed by atoms with Crippen LogP contribution < -0.4 is 5.32 Å². The molecule has 1 rings (SSSR count). The lowest BCUT2D eigenvalue weighted by Gasteiger charge is -2.21. The SMILES string of the molecule is CC[C@@H]1NCCC=C1C. The molecule has 0 bridgehead atoms. The highest BCUT2D eigenvalue weighted by Crippen LogP contribution is 2.09. The van der Waals surface area contributed by atoms with Crippen molar-refractivity contribution < 1.29 is 0 Å². The molecule has 1 atom stereocenters. The van der Waals surface area contributed by atoms with E-state index in [9.17, 15) is 0 Å². The summed E-state index contributed by atoms with van der Waals surface area (Å²) in [5.41, 5.74) is 1.52. The third-order valence-corrected chi connectivity index (χ3v) is 1.96. The van der Waals surface area contributed by atoms with Crippen LogP contribution in [-0.2, 0) is 0 Å². The average Bonchev–Trinajstić information content (AvgIpc) is 1.89. The van der Waals surface area contributed by atoms with Gasteiger partial charge in [-0.1, -0.05) is 18.6 Å². The molecule has 0 unspecified atom stereocenters. The van der Waals surface area contributed by atoms with Gasteiger partial charge in [-0.2, -0.15) is 0 Å². The quantitative estimate of drug-likeness (QED) is 0.526. The van der Waals surface area contributed by atoms with E-state index in [0.29, 0.717) is 6.04 Å². The maximum atomic E-state index is 3.45. The predicted octanol–water partition coefficient (Wildman–Crippen LogP) is 1.70. The first-order valence-corrected chi connectivity index (χ1v) is 3.74. The maximum absolute atomic E-state index is 3.45. The van der Waals surface area contributed by atoms with Crippen LogP contribution in [0.25, 0.3) is 0 Å². The van der Waals surface area contributed by atoms with Gasteiger partial charge in [0.25, 0.3) is 0 Å². The van der Waals surface area contributed by atoms with Gasteiger partial charge in [0.2, 0.25) is 0 Å². The van der Waals surface area contributed by atoms with Crippen molar-refractivity contribution in [2.24, 2.45) is 0 Å². The molecule has 9 heavy (non-hydrogen) atoms. The van der Waals surface area contributed by atoms with Crippen LogP contribution in [0.3, 0.4) is 0 Å². The topological polar surface area (TPSA) is 12.0 Å². The molecule has 0 saturated heterocycles. The Morgan fingerprint density at radius 3 is 3.00 bits per heavy atom. The Morgan fingerprint density at radius 1 is 1.78 bits per heavy atom. The lowest BCUT2D eigenvalue weighted by atomic mass is 10.0. The molecule has 0 fully saturated rings. The van der Waals surface area contributed by atoms with Crippen LogP contribution in [0.4, 0.5) is 0 Å². The van der Waals surface area contributed by atoms with E-state index in [0.717, 1.165) is 6.54 Å². The van der Waals surface area contributed by atoms with E-state index in [4.69, 9.17) is 0 Å². The number of hydrogen-bond acceptors (Lipinski definition) is 1. The summed E-state index contributed by atoms with van der Waals surface area (Å²) in [6, 6.07) is 0.666. The van der Waals surface area contributed by atoms with Crippen molar-refractivity contribution in [3.05, 3.63) is 11.6 Å². The summed E-state index contributed by atoms with van der Waals surface area (Å²) in [5, 5.41) is 3.45. The van der Waals surface area contributed by atoms with E-state index in [1.807, 2.05) is 0 Å². The lowest BCUT2D eigenvalue weighted by Crippen LogP contribution is -2.33. The van der Waals surface area contributed by atoms with Gasteiger partial charge in [0, 0.05) is 6.04 Å². The average molecular weight is 125 g/mol. The zero-order valence-electron chi connectivity index (χ0n) is 6.28. The van der Waals surface area contributed by atoms with Crippen LogP contribution in [0.2, 0.25) is 0 Å². The molecule has 1 aliphatic heterocycles. The van der Waals surface area contributed by atoms with E-state index < -0.39 is 0 Å². The van der Waals surface area contributed by atoms with Gasteiger partial charge >= 0.3 is 0 Å². The van der Waals surface area contributed by atoms with Gasteiger partial charge in [-0.15, -0.1) is 0 Å². The first kappa shape index (κ1) is 6.81. The van der Waals surface area contributed by atoms with Gasteiger partial charge in [-0.05, 0) is 26.3 Å². The van der Waals surface area contributed by atoms with Crippen LogP contribution in [-0.4, -0.2) is 12.6 Å². The fourth-order valence-electron chi connectivity index (χ4n) is 1.33. The maximum Gasteiger partial charge on any atom is 0.0274 e. The second kappa shape index (κ2) is 3.02. The Labute approximate surface area is 57.1 Å². The van der Waals surface area contributed by atoms with Crippen LogP contribution in [0.1, 0.15) is 26.7 Å². The molecule has 1 nitrogen and oxygen atoms in total. The molecule has 1 heteroatoms. The summed E-state index contributed by atoms with van der Waals surface area (Å²) < 4.78 is 0. The van der Waals surface area contributed by atoms with Crippen molar-refractivity contribution in [1.29, 1.82) is 0 Å². The van der Waals surface area contributed by atoms with Crippen molar-refractivity contribution in [3.63, 3.8) is 0 Å². The summed E-state index contributed by atoms with van der Waals surface area (Å²) in [7, 11) is 0. The first-order chi connectivity index (χ1) is 4.34. The molecule has 0 amide bonds. The van der Waals surface area contributed by atoms with E-state index in [2.05, 4.69) is 25.2 Å². The van der Waals surface area contributed by atoms with Crippen LogP contribution in [0.5, 0.6) is 0 Å². The minimum absolute atomic E-state index is 0.666. The third-order valence-electron chi connectivity index (χ3n) is 1.96. The minimum atomic E-state index is 0.666. The normalized spacial score (nSPS) is 27.8. The summed E-state index contributed by atoms with van der Waals surface area (Å²) in [6.07, 6.45) is 4.77. The zero-order chi connectivity index (χ0) is 6.69. The Bertz CT molecular complexity index is 116. The Morgan fingerprint density at radius 2 is 2.56 bits per heavy atom. The highest BCUT2D eigenvalue weighted by molar-refractivity contribution is 5.10. The standard InChI is InChI=1S/C8H15N/c1-3-8-7(2)5-4-6-9-8/h5,8-9H,3-4,6H2,1-2H3/t8-/m0/s1. The van der Waals surface area contributed by atoms with Gasteiger partial charge in [0.15, 0.2) is 0 Å². The van der Waals surface area contributed by atoms with Crippen LogP contribution in [0, 0.1) is 0 Å². The zero-order valence-corrected chi connectivity index (χ0v) is 6.28. The third kappa shape index (κ3) is 1.55. The van der Waals surface area contributed by atoms with Crippen molar-refractivity contribution in [3.8, 4) is 0 Å². The molecule has 0 aromatic rings. The largest absolute Gasteiger partial charge is 0.310 e. The Hall–Kier alpha value is -0.300. The lowest BCUT2D eigenvalue weighted by molar-refractivity contribution is 0.535. The molecule has 1 N–H and O–H groups in total. The van der Waals surface area contributed by atoms with Crippen molar-refractivity contribution >= 4 is 0 Å². The predicted molar refractivity (Wildman–Crippen MR) is 40.5 cm³/mol. The minimum Gasteiger partial charge on any atom is -0.310 e. The first-order valence-electron chi connectivity index (χ1n) is 3.74. The van der Waals surface area contributed by atoms with Crippen molar-refractivity contribution in [2.75, 3.05) is 6.54 Å². The molecular weight excluding hydrogens is 110 g/mol. The molecule has 0 radical (unpaired) electrons. The van der Waals surface area contributed by atoms with Crippen LogP contribution >= 0.6 is 0 Å². The van der Waals surface area contributed by atoms with Gasteiger partial charge < -0.3 is 5.32 Å².